The molecule has 2 fully saturated rings. The van der Waals surface area contributed by atoms with Crippen LogP contribution >= 0.6 is 0 Å². The number of rotatable bonds is 0. The zero-order chi connectivity index (χ0) is 9.31. The van der Waals surface area contributed by atoms with E-state index in [0.717, 1.165) is 13.0 Å². The molecule has 1 N–H and O–H groups in total. The molecule has 0 amide bonds. The summed E-state index contributed by atoms with van der Waals surface area (Å²) in [6.45, 7) is 7.19. The summed E-state index contributed by atoms with van der Waals surface area (Å²) in [6, 6.07) is 0. The fourth-order valence-corrected chi connectivity index (χ4v) is 2.69. The Morgan fingerprint density at radius 3 is 2.54 bits per heavy atom. The molecule has 0 bridgehead atoms. The maximum Gasteiger partial charge on any atom is 0.105 e. The highest BCUT2D eigenvalue weighted by atomic mass is 16.3. The molecule has 0 aliphatic carbocycles. The highest BCUT2D eigenvalue weighted by Crippen LogP contribution is 2.21. The molecule has 0 aromatic heterocycles. The average Bonchev–Trinajstić information content (AvgIpc) is 2.11. The summed E-state index contributed by atoms with van der Waals surface area (Å²) < 4.78 is 1.19. The number of likely N-dealkylation sites (N-methyl/N-ethyl adjacent to an activating group) is 1. The van der Waals surface area contributed by atoms with E-state index in [1.54, 1.807) is 0 Å². The van der Waals surface area contributed by atoms with Crippen LogP contribution in [0.2, 0.25) is 0 Å². The van der Waals surface area contributed by atoms with Gasteiger partial charge in [0, 0.05) is 13.1 Å². The van der Waals surface area contributed by atoms with Gasteiger partial charge in [0.2, 0.25) is 0 Å². The number of piperidine rings is 1. The first-order valence-corrected chi connectivity index (χ1v) is 5.42. The molecule has 3 nitrogen and oxygen atoms in total. The van der Waals surface area contributed by atoms with Crippen molar-refractivity contribution < 1.29 is 9.59 Å². The maximum absolute atomic E-state index is 9.66. The van der Waals surface area contributed by atoms with Crippen LogP contribution in [0.5, 0.6) is 0 Å². The summed E-state index contributed by atoms with van der Waals surface area (Å²) >= 11 is 0. The number of aliphatic hydroxyl groups excluding tert-OH is 1. The Kier molecular flexibility index (Phi) is 2.58. The van der Waals surface area contributed by atoms with Crippen LogP contribution in [0.3, 0.4) is 0 Å². The van der Waals surface area contributed by atoms with Crippen molar-refractivity contribution in [1.29, 1.82) is 0 Å². The van der Waals surface area contributed by atoms with Gasteiger partial charge in [0.25, 0.3) is 0 Å². The van der Waals surface area contributed by atoms with Crippen LogP contribution in [0, 0.1) is 0 Å². The molecule has 0 saturated carbocycles. The van der Waals surface area contributed by atoms with Crippen LogP contribution in [-0.2, 0) is 0 Å². The van der Waals surface area contributed by atoms with Gasteiger partial charge in [-0.15, -0.1) is 0 Å². The number of hydrogen-bond acceptors (Lipinski definition) is 2. The van der Waals surface area contributed by atoms with E-state index >= 15 is 0 Å². The van der Waals surface area contributed by atoms with Crippen LogP contribution < -0.4 is 0 Å². The van der Waals surface area contributed by atoms with Crippen LogP contribution in [0.15, 0.2) is 0 Å². The van der Waals surface area contributed by atoms with Crippen LogP contribution in [-0.4, -0.2) is 66.9 Å². The summed E-state index contributed by atoms with van der Waals surface area (Å²) in [7, 11) is 2.19. The summed E-state index contributed by atoms with van der Waals surface area (Å²) in [5.41, 5.74) is 0. The lowest BCUT2D eigenvalue weighted by molar-refractivity contribution is -0.939. The van der Waals surface area contributed by atoms with E-state index in [9.17, 15) is 5.11 Å². The minimum absolute atomic E-state index is 0.0304. The first-order chi connectivity index (χ1) is 6.20. The predicted octanol–water partition coefficient (Wildman–Crippen LogP) is -0.0967. The fraction of sp³-hybridized carbons (Fsp3) is 1.00. The molecule has 2 rings (SSSR count). The standard InChI is InChI=1S/C10H21N2O/c1-11-4-7-12(8-5-11)6-2-3-10(13)9-12/h10,13H,2-9H2,1H3/q+1. The topological polar surface area (TPSA) is 23.5 Å². The van der Waals surface area contributed by atoms with Crippen LogP contribution in [0.1, 0.15) is 12.8 Å². The fourth-order valence-electron chi connectivity index (χ4n) is 2.69. The molecule has 13 heavy (non-hydrogen) atoms. The second-order valence-corrected chi connectivity index (χ2v) is 4.79. The molecule has 2 saturated heterocycles. The van der Waals surface area contributed by atoms with Gasteiger partial charge in [0.15, 0.2) is 0 Å². The molecule has 0 aromatic rings. The Balaban J connectivity index is 1.95. The molecule has 76 valence electrons. The van der Waals surface area contributed by atoms with E-state index in [1.165, 1.54) is 43.6 Å². The molecule has 1 spiro atoms. The lowest BCUT2D eigenvalue weighted by Gasteiger charge is -2.47. The van der Waals surface area contributed by atoms with Gasteiger partial charge in [0.05, 0.1) is 19.6 Å². The van der Waals surface area contributed by atoms with Gasteiger partial charge in [-0.05, 0) is 19.9 Å². The zero-order valence-corrected chi connectivity index (χ0v) is 8.58. The first kappa shape index (κ1) is 9.44. The van der Waals surface area contributed by atoms with Gasteiger partial charge in [-0.2, -0.15) is 0 Å². The summed E-state index contributed by atoms with van der Waals surface area (Å²) in [6.07, 6.45) is 2.21. The lowest BCUT2D eigenvalue weighted by Crippen LogP contribution is -2.63. The van der Waals surface area contributed by atoms with Crippen molar-refractivity contribution in [3.05, 3.63) is 0 Å². The monoisotopic (exact) mass is 185 g/mol. The summed E-state index contributed by atoms with van der Waals surface area (Å²) in [5.74, 6) is 0. The predicted molar refractivity (Wildman–Crippen MR) is 52.5 cm³/mol. The third-order valence-electron chi connectivity index (χ3n) is 3.68. The van der Waals surface area contributed by atoms with Gasteiger partial charge in [-0.1, -0.05) is 0 Å². The minimum Gasteiger partial charge on any atom is -0.387 e. The van der Waals surface area contributed by atoms with Gasteiger partial charge in [-0.3, -0.25) is 4.90 Å². The van der Waals surface area contributed by atoms with Crippen molar-refractivity contribution in [2.24, 2.45) is 0 Å². The summed E-state index contributed by atoms with van der Waals surface area (Å²) in [4.78, 5) is 2.39. The normalized spacial score (nSPS) is 35.1. The molecule has 2 aliphatic heterocycles. The Morgan fingerprint density at radius 2 is 1.92 bits per heavy atom. The molecule has 3 heteroatoms. The summed E-state index contributed by atoms with van der Waals surface area (Å²) in [5, 5.41) is 9.66. The van der Waals surface area contributed by atoms with E-state index in [0.29, 0.717) is 0 Å². The van der Waals surface area contributed by atoms with Gasteiger partial charge < -0.3 is 9.59 Å². The van der Waals surface area contributed by atoms with Gasteiger partial charge in [-0.25, -0.2) is 0 Å². The first-order valence-electron chi connectivity index (χ1n) is 5.42. The molecule has 1 unspecified atom stereocenters. The average molecular weight is 185 g/mol. The van der Waals surface area contributed by atoms with Crippen molar-refractivity contribution in [3.63, 3.8) is 0 Å². The lowest BCUT2D eigenvalue weighted by atomic mass is 10.0. The van der Waals surface area contributed by atoms with Crippen LogP contribution in [0.25, 0.3) is 0 Å². The Morgan fingerprint density at radius 1 is 1.23 bits per heavy atom. The Hall–Kier alpha value is -0.120. The minimum atomic E-state index is -0.0304. The van der Waals surface area contributed by atoms with E-state index < -0.39 is 0 Å². The molecule has 1 atom stereocenters. The van der Waals surface area contributed by atoms with Crippen molar-refractivity contribution >= 4 is 0 Å². The molecule has 0 radical (unpaired) electrons. The highest BCUT2D eigenvalue weighted by molar-refractivity contribution is 4.68. The maximum atomic E-state index is 9.66. The van der Waals surface area contributed by atoms with Crippen molar-refractivity contribution in [2.75, 3.05) is 46.3 Å². The number of hydrogen-bond donors (Lipinski definition) is 1. The van der Waals surface area contributed by atoms with Crippen LogP contribution in [0.4, 0.5) is 0 Å². The van der Waals surface area contributed by atoms with E-state index in [4.69, 9.17) is 0 Å². The number of quaternary nitrogens is 1. The molecule has 0 aromatic carbocycles. The smallest absolute Gasteiger partial charge is 0.105 e. The number of nitrogens with zero attached hydrogens (tertiary/aromatic N) is 2. The van der Waals surface area contributed by atoms with Crippen molar-refractivity contribution in [3.8, 4) is 0 Å². The largest absolute Gasteiger partial charge is 0.387 e. The highest BCUT2D eigenvalue weighted by Gasteiger charge is 2.36. The van der Waals surface area contributed by atoms with E-state index in [1.807, 2.05) is 0 Å². The van der Waals surface area contributed by atoms with Crippen molar-refractivity contribution in [2.45, 2.75) is 18.9 Å². The SMILES string of the molecule is CN1CC[N+]2(CCCC(O)C2)CC1. The second kappa shape index (κ2) is 3.56. The van der Waals surface area contributed by atoms with Gasteiger partial charge in [0.1, 0.15) is 12.6 Å². The Labute approximate surface area is 80.5 Å². The zero-order valence-electron chi connectivity index (χ0n) is 8.58. The third kappa shape index (κ3) is 2.03. The quantitative estimate of drug-likeness (QED) is 0.533. The van der Waals surface area contributed by atoms with E-state index in [-0.39, 0.29) is 6.10 Å². The van der Waals surface area contributed by atoms with E-state index in [2.05, 4.69) is 11.9 Å². The Bertz CT molecular complexity index is 176. The molecule has 2 heterocycles. The molecule has 2 aliphatic rings. The molecular weight excluding hydrogens is 164 g/mol. The number of piperazine rings is 1. The second-order valence-electron chi connectivity index (χ2n) is 4.79. The third-order valence-corrected chi connectivity index (χ3v) is 3.68. The number of aliphatic hydroxyl groups is 1. The van der Waals surface area contributed by atoms with Gasteiger partial charge >= 0.3 is 0 Å². The van der Waals surface area contributed by atoms with Crippen molar-refractivity contribution in [1.82, 2.24) is 4.90 Å². The molecular formula is C10H21N2O+.